The summed E-state index contributed by atoms with van der Waals surface area (Å²) in [6, 6.07) is 15.6. The lowest BCUT2D eigenvalue weighted by molar-refractivity contribution is 0.0945. The molecule has 2 amide bonds. The number of rotatable bonds is 5. The molecule has 0 unspecified atom stereocenters. The van der Waals surface area contributed by atoms with Gasteiger partial charge < -0.3 is 10.6 Å². The van der Waals surface area contributed by atoms with Crippen LogP contribution in [0, 0.1) is 12.7 Å². The van der Waals surface area contributed by atoms with Crippen molar-refractivity contribution in [1.29, 1.82) is 0 Å². The number of benzene rings is 2. The van der Waals surface area contributed by atoms with Crippen LogP contribution in [-0.4, -0.2) is 16.8 Å². The van der Waals surface area contributed by atoms with Crippen LogP contribution in [-0.2, 0) is 6.54 Å². The number of nitrogens with one attached hydrogen (secondary N) is 2. The predicted molar refractivity (Wildman–Crippen MR) is 106 cm³/mol. The molecular weight excluding hydrogens is 381 g/mol. The van der Waals surface area contributed by atoms with Gasteiger partial charge in [0, 0.05) is 17.3 Å². The van der Waals surface area contributed by atoms with Crippen LogP contribution in [0.5, 0.6) is 0 Å². The van der Waals surface area contributed by atoms with Crippen molar-refractivity contribution in [3.05, 3.63) is 94.0 Å². The Bertz CT molecular complexity index is 1020. The van der Waals surface area contributed by atoms with Crippen molar-refractivity contribution >= 4 is 29.1 Å². The van der Waals surface area contributed by atoms with E-state index in [1.165, 1.54) is 24.3 Å². The molecule has 0 aliphatic heterocycles. The van der Waals surface area contributed by atoms with Crippen LogP contribution in [0.1, 0.15) is 32.1 Å². The summed E-state index contributed by atoms with van der Waals surface area (Å²) in [6.45, 7) is 2.05. The van der Waals surface area contributed by atoms with Crippen molar-refractivity contribution in [2.24, 2.45) is 0 Å². The van der Waals surface area contributed by atoms with E-state index in [0.29, 0.717) is 10.7 Å². The minimum atomic E-state index is -0.432. The third kappa shape index (κ3) is 4.92. The Morgan fingerprint density at radius 3 is 2.36 bits per heavy atom. The summed E-state index contributed by atoms with van der Waals surface area (Å²) in [7, 11) is 0. The molecule has 2 aromatic carbocycles. The lowest BCUT2D eigenvalue weighted by Crippen LogP contribution is -2.25. The lowest BCUT2D eigenvalue weighted by Gasteiger charge is -2.09. The molecule has 7 heteroatoms. The highest BCUT2D eigenvalue weighted by Crippen LogP contribution is 2.20. The first-order valence-corrected chi connectivity index (χ1v) is 8.87. The van der Waals surface area contributed by atoms with Gasteiger partial charge in [0.1, 0.15) is 17.2 Å². The van der Waals surface area contributed by atoms with E-state index in [1.807, 2.05) is 6.92 Å². The van der Waals surface area contributed by atoms with Crippen molar-refractivity contribution in [2.75, 3.05) is 5.32 Å². The number of aromatic nitrogens is 1. The molecule has 5 nitrogen and oxygen atoms in total. The largest absolute Gasteiger partial charge is 0.347 e. The van der Waals surface area contributed by atoms with Gasteiger partial charge in [-0.15, -0.1) is 0 Å². The quantitative estimate of drug-likeness (QED) is 0.671. The van der Waals surface area contributed by atoms with E-state index in [0.717, 1.165) is 11.1 Å². The number of carbonyl (C=O) groups excluding carboxylic acids is 2. The number of nitrogens with zero attached hydrogens (tertiary/aromatic N) is 1. The zero-order chi connectivity index (χ0) is 20.1. The zero-order valence-electron chi connectivity index (χ0n) is 15.0. The molecule has 0 aliphatic rings. The number of carbonyl (C=O) groups is 2. The maximum absolute atomic E-state index is 12.9. The summed E-state index contributed by atoms with van der Waals surface area (Å²) in [5.41, 5.74) is 2.41. The van der Waals surface area contributed by atoms with Crippen molar-refractivity contribution < 1.29 is 14.0 Å². The summed E-state index contributed by atoms with van der Waals surface area (Å²) in [5, 5.41) is 6.03. The monoisotopic (exact) mass is 397 g/mol. The van der Waals surface area contributed by atoms with Crippen molar-refractivity contribution in [1.82, 2.24) is 10.3 Å². The Labute approximate surface area is 166 Å². The lowest BCUT2D eigenvalue weighted by atomic mass is 10.2. The van der Waals surface area contributed by atoms with Gasteiger partial charge in [-0.3, -0.25) is 9.59 Å². The molecule has 28 heavy (non-hydrogen) atoms. The molecule has 0 fully saturated rings. The number of halogens is 2. The molecule has 142 valence electrons. The van der Waals surface area contributed by atoms with Gasteiger partial charge in [0.2, 0.25) is 0 Å². The van der Waals surface area contributed by atoms with E-state index >= 15 is 0 Å². The van der Waals surface area contributed by atoms with E-state index in [9.17, 15) is 14.0 Å². The number of hydrogen-bond acceptors (Lipinski definition) is 3. The van der Waals surface area contributed by atoms with Gasteiger partial charge in [0.05, 0.1) is 0 Å². The van der Waals surface area contributed by atoms with Crippen LogP contribution < -0.4 is 10.6 Å². The van der Waals surface area contributed by atoms with Crippen LogP contribution >= 0.6 is 11.6 Å². The van der Waals surface area contributed by atoms with Gasteiger partial charge in [0.25, 0.3) is 11.8 Å². The summed E-state index contributed by atoms with van der Waals surface area (Å²) >= 11 is 5.92. The van der Waals surface area contributed by atoms with Crippen LogP contribution in [0.15, 0.2) is 60.7 Å². The van der Waals surface area contributed by atoms with Gasteiger partial charge in [-0.25, -0.2) is 9.37 Å². The molecular formula is C21H17ClFN3O2. The number of amides is 2. The minimum absolute atomic E-state index is 0.114. The molecule has 1 aromatic heterocycles. The highest BCUT2D eigenvalue weighted by molar-refractivity contribution is 6.30. The van der Waals surface area contributed by atoms with Crippen molar-refractivity contribution in [3.8, 4) is 0 Å². The van der Waals surface area contributed by atoms with Gasteiger partial charge >= 0.3 is 0 Å². The maximum atomic E-state index is 12.9. The Morgan fingerprint density at radius 2 is 1.68 bits per heavy atom. The fourth-order valence-corrected chi connectivity index (χ4v) is 2.74. The third-order valence-electron chi connectivity index (χ3n) is 4.02. The molecule has 0 saturated carbocycles. The second-order valence-electron chi connectivity index (χ2n) is 6.13. The van der Waals surface area contributed by atoms with Gasteiger partial charge in [-0.1, -0.05) is 29.8 Å². The molecule has 0 aliphatic carbocycles. The first-order chi connectivity index (χ1) is 13.4. The first-order valence-electron chi connectivity index (χ1n) is 8.49. The van der Waals surface area contributed by atoms with Crippen molar-refractivity contribution in [3.63, 3.8) is 0 Å². The third-order valence-corrected chi connectivity index (χ3v) is 4.25. The normalized spacial score (nSPS) is 10.4. The first kappa shape index (κ1) is 19.5. The smallest absolute Gasteiger partial charge is 0.274 e. The summed E-state index contributed by atoms with van der Waals surface area (Å²) in [5.74, 6) is -1.20. The van der Waals surface area contributed by atoms with E-state index in [2.05, 4.69) is 15.6 Å². The van der Waals surface area contributed by atoms with Crippen LogP contribution in [0.4, 0.5) is 10.1 Å². The van der Waals surface area contributed by atoms with Gasteiger partial charge in [-0.2, -0.15) is 0 Å². The Morgan fingerprint density at radius 1 is 1.00 bits per heavy atom. The minimum Gasteiger partial charge on any atom is -0.347 e. The highest BCUT2D eigenvalue weighted by atomic mass is 35.5. The van der Waals surface area contributed by atoms with Crippen LogP contribution in [0.25, 0.3) is 0 Å². The zero-order valence-corrected chi connectivity index (χ0v) is 15.8. The molecule has 0 spiro atoms. The van der Waals surface area contributed by atoms with Crippen LogP contribution in [0.3, 0.4) is 0 Å². The van der Waals surface area contributed by atoms with Crippen LogP contribution in [0.2, 0.25) is 5.02 Å². The summed E-state index contributed by atoms with van der Waals surface area (Å²) in [4.78, 5) is 28.9. The van der Waals surface area contributed by atoms with Crippen molar-refractivity contribution in [2.45, 2.75) is 13.5 Å². The molecule has 3 rings (SSSR count). The Kier molecular flexibility index (Phi) is 6.01. The molecule has 0 radical (unpaired) electrons. The van der Waals surface area contributed by atoms with E-state index in [1.54, 1.807) is 36.4 Å². The number of aryl methyl sites for hydroxylation is 1. The average molecular weight is 398 g/mol. The second kappa shape index (κ2) is 8.63. The fourth-order valence-electron chi connectivity index (χ4n) is 2.52. The standard InChI is InChI=1S/C21H17ClFN3O2/c1-13-11-15(22)7-10-17(13)26-21(28)19-4-2-3-18(25-19)20(27)24-12-14-5-8-16(23)9-6-14/h2-11H,12H2,1H3,(H,24,27)(H,26,28). The number of hydrogen-bond donors (Lipinski definition) is 2. The Hall–Kier alpha value is -3.25. The molecule has 3 aromatic rings. The predicted octanol–water partition coefficient (Wildman–Crippen LogP) is 4.36. The second-order valence-corrected chi connectivity index (χ2v) is 6.57. The highest BCUT2D eigenvalue weighted by Gasteiger charge is 2.13. The van der Waals surface area contributed by atoms with Gasteiger partial charge in [-0.05, 0) is 60.5 Å². The van der Waals surface area contributed by atoms with E-state index < -0.39 is 11.8 Å². The fraction of sp³-hybridized carbons (Fsp3) is 0.0952. The average Bonchev–Trinajstić information content (AvgIpc) is 2.69. The SMILES string of the molecule is Cc1cc(Cl)ccc1NC(=O)c1cccc(C(=O)NCc2ccc(F)cc2)n1. The molecule has 0 saturated heterocycles. The van der Waals surface area contributed by atoms with E-state index in [4.69, 9.17) is 11.6 Å². The molecule has 1 heterocycles. The molecule has 0 bridgehead atoms. The maximum Gasteiger partial charge on any atom is 0.274 e. The number of anilines is 1. The topological polar surface area (TPSA) is 71.1 Å². The molecule has 0 atom stereocenters. The summed E-state index contributed by atoms with van der Waals surface area (Å²) in [6.07, 6.45) is 0. The molecule has 2 N–H and O–H groups in total. The summed E-state index contributed by atoms with van der Waals surface area (Å²) < 4.78 is 12.9. The number of pyridine rings is 1. The van der Waals surface area contributed by atoms with Gasteiger partial charge in [0.15, 0.2) is 0 Å². The Balaban J connectivity index is 1.67. The van der Waals surface area contributed by atoms with E-state index in [-0.39, 0.29) is 23.7 Å².